The number of carbonyl (C=O) groups excluding carboxylic acids is 2. The van der Waals surface area contributed by atoms with Gasteiger partial charge in [-0.1, -0.05) is 37.5 Å². The van der Waals surface area contributed by atoms with Crippen LogP contribution in [0.15, 0.2) is 36.4 Å². The highest BCUT2D eigenvalue weighted by Crippen LogP contribution is 2.32. The minimum atomic E-state index is -0.390. The van der Waals surface area contributed by atoms with Crippen LogP contribution in [-0.2, 0) is 4.79 Å². The van der Waals surface area contributed by atoms with Crippen molar-refractivity contribution in [2.75, 3.05) is 20.7 Å². The van der Waals surface area contributed by atoms with Crippen LogP contribution in [0.1, 0.15) is 53.7 Å². The van der Waals surface area contributed by atoms with E-state index in [1.165, 1.54) is 25.7 Å². The van der Waals surface area contributed by atoms with Crippen LogP contribution < -0.4 is 10.1 Å². The highest BCUT2D eigenvalue weighted by Gasteiger charge is 2.23. The first-order chi connectivity index (χ1) is 16.5. The Morgan fingerprint density at radius 3 is 2.59 bits per heavy atom. The van der Waals surface area contributed by atoms with E-state index in [0.29, 0.717) is 27.9 Å². The van der Waals surface area contributed by atoms with Crippen LogP contribution in [0, 0.1) is 5.82 Å². The van der Waals surface area contributed by atoms with Gasteiger partial charge in [-0.15, -0.1) is 0 Å². The minimum absolute atomic E-state index is 0.0737. The van der Waals surface area contributed by atoms with E-state index in [0.717, 1.165) is 31.2 Å². The molecule has 1 heterocycles. The standard InChI is InChI=1S/C26H29FN4O3/c1-31(19-6-4-3-5-7-19)23(32)16-28-26(33)20-13-15-22-24(25(20)34-2)21(29-30-22)14-10-17-8-11-18(27)12-9-17/h8-15,19H,3-7,16H2,1-2H3,(H,28,33)(H,29,30)/b14-10+. The van der Waals surface area contributed by atoms with E-state index >= 15 is 0 Å². The Hall–Kier alpha value is -3.68. The van der Waals surface area contributed by atoms with Gasteiger partial charge < -0.3 is 15.0 Å². The molecule has 0 aliphatic heterocycles. The van der Waals surface area contributed by atoms with E-state index in [-0.39, 0.29) is 30.2 Å². The van der Waals surface area contributed by atoms with Crippen molar-refractivity contribution in [2.45, 2.75) is 38.1 Å². The van der Waals surface area contributed by atoms with Gasteiger partial charge in [0.25, 0.3) is 5.91 Å². The smallest absolute Gasteiger partial charge is 0.255 e. The number of aromatic amines is 1. The van der Waals surface area contributed by atoms with Crippen LogP contribution in [-0.4, -0.2) is 53.7 Å². The number of benzene rings is 2. The number of hydrogen-bond donors (Lipinski definition) is 2. The summed E-state index contributed by atoms with van der Waals surface area (Å²) in [7, 11) is 3.30. The number of carbonyl (C=O) groups is 2. The zero-order valence-corrected chi connectivity index (χ0v) is 19.4. The Morgan fingerprint density at radius 1 is 1.15 bits per heavy atom. The number of ether oxygens (including phenoxy) is 1. The number of likely N-dealkylation sites (N-methyl/N-ethyl adjacent to an activating group) is 1. The molecular formula is C26H29FN4O3. The van der Waals surface area contributed by atoms with Crippen molar-refractivity contribution in [1.29, 1.82) is 0 Å². The van der Waals surface area contributed by atoms with Gasteiger partial charge in [-0.2, -0.15) is 5.10 Å². The first kappa shape index (κ1) is 23.5. The molecule has 1 aromatic heterocycles. The summed E-state index contributed by atoms with van der Waals surface area (Å²) in [5.74, 6) is -0.427. The summed E-state index contributed by atoms with van der Waals surface area (Å²) in [6.45, 7) is -0.0737. The molecule has 2 aromatic carbocycles. The summed E-state index contributed by atoms with van der Waals surface area (Å²) in [5, 5.41) is 10.7. The van der Waals surface area contributed by atoms with Gasteiger partial charge in [-0.3, -0.25) is 14.7 Å². The van der Waals surface area contributed by atoms with Gasteiger partial charge in [0.15, 0.2) is 0 Å². The van der Waals surface area contributed by atoms with Gasteiger partial charge in [-0.05, 0) is 48.7 Å². The van der Waals surface area contributed by atoms with Crippen molar-refractivity contribution >= 4 is 34.9 Å². The van der Waals surface area contributed by atoms with Gasteiger partial charge in [0.1, 0.15) is 11.6 Å². The van der Waals surface area contributed by atoms with Crippen molar-refractivity contribution in [2.24, 2.45) is 0 Å². The second kappa shape index (κ2) is 10.5. The Morgan fingerprint density at radius 2 is 1.88 bits per heavy atom. The number of methoxy groups -OCH3 is 1. The van der Waals surface area contributed by atoms with Crippen LogP contribution in [0.25, 0.3) is 23.1 Å². The Kier molecular flexibility index (Phi) is 7.25. The molecule has 0 atom stereocenters. The normalized spacial score (nSPS) is 14.4. The third-order valence-corrected chi connectivity index (χ3v) is 6.38. The fraction of sp³-hybridized carbons (Fsp3) is 0.346. The van der Waals surface area contributed by atoms with Gasteiger partial charge in [0.05, 0.1) is 35.8 Å². The summed E-state index contributed by atoms with van der Waals surface area (Å²) in [5.41, 5.74) is 2.42. The highest BCUT2D eigenvalue weighted by molar-refractivity contribution is 6.06. The predicted octanol–water partition coefficient (Wildman–Crippen LogP) is 4.40. The monoisotopic (exact) mass is 464 g/mol. The quantitative estimate of drug-likeness (QED) is 0.543. The topological polar surface area (TPSA) is 87.3 Å². The van der Waals surface area contributed by atoms with E-state index in [9.17, 15) is 14.0 Å². The number of amides is 2. The van der Waals surface area contributed by atoms with Crippen molar-refractivity contribution < 1.29 is 18.7 Å². The highest BCUT2D eigenvalue weighted by atomic mass is 19.1. The molecule has 1 aliphatic rings. The number of H-pyrrole nitrogens is 1. The second-order valence-electron chi connectivity index (χ2n) is 8.54. The lowest BCUT2D eigenvalue weighted by Crippen LogP contribution is -2.44. The molecule has 4 rings (SSSR count). The number of halogens is 1. The van der Waals surface area contributed by atoms with Crippen molar-refractivity contribution in [1.82, 2.24) is 20.4 Å². The molecule has 7 nitrogen and oxygen atoms in total. The van der Waals surface area contributed by atoms with Crippen LogP contribution >= 0.6 is 0 Å². The average Bonchev–Trinajstić information content (AvgIpc) is 3.29. The molecule has 1 saturated carbocycles. The second-order valence-corrected chi connectivity index (χ2v) is 8.54. The summed E-state index contributed by atoms with van der Waals surface area (Å²) in [6.07, 6.45) is 9.08. The Balaban J connectivity index is 1.51. The lowest BCUT2D eigenvalue weighted by Gasteiger charge is -2.31. The maximum absolute atomic E-state index is 13.2. The molecule has 178 valence electrons. The zero-order valence-electron chi connectivity index (χ0n) is 19.4. The molecular weight excluding hydrogens is 435 g/mol. The summed E-state index contributed by atoms with van der Waals surface area (Å²) < 4.78 is 18.8. The first-order valence-corrected chi connectivity index (χ1v) is 11.5. The van der Waals surface area contributed by atoms with Crippen LogP contribution in [0.4, 0.5) is 4.39 Å². The van der Waals surface area contributed by atoms with Gasteiger partial charge in [0.2, 0.25) is 5.91 Å². The van der Waals surface area contributed by atoms with Gasteiger partial charge in [0, 0.05) is 13.1 Å². The molecule has 0 spiro atoms. The molecule has 0 saturated heterocycles. The molecule has 2 amide bonds. The number of nitrogens with one attached hydrogen (secondary N) is 2. The number of nitrogens with zero attached hydrogens (tertiary/aromatic N) is 2. The van der Waals surface area contributed by atoms with Gasteiger partial charge >= 0.3 is 0 Å². The third kappa shape index (κ3) is 5.11. The Labute approximate surface area is 198 Å². The van der Waals surface area contributed by atoms with Crippen molar-refractivity contribution in [3.8, 4) is 5.75 Å². The molecule has 8 heteroatoms. The summed E-state index contributed by atoms with van der Waals surface area (Å²) in [6, 6.07) is 9.75. The van der Waals surface area contributed by atoms with E-state index in [1.54, 1.807) is 41.3 Å². The molecule has 1 aliphatic carbocycles. The number of hydrogen-bond acceptors (Lipinski definition) is 4. The predicted molar refractivity (Wildman–Crippen MR) is 130 cm³/mol. The number of fused-ring (bicyclic) bond motifs is 1. The molecule has 0 unspecified atom stereocenters. The summed E-state index contributed by atoms with van der Waals surface area (Å²) in [4.78, 5) is 27.4. The van der Waals surface area contributed by atoms with E-state index in [4.69, 9.17) is 4.74 Å². The molecule has 34 heavy (non-hydrogen) atoms. The molecule has 0 bridgehead atoms. The largest absolute Gasteiger partial charge is 0.495 e. The first-order valence-electron chi connectivity index (χ1n) is 11.5. The van der Waals surface area contributed by atoms with Crippen LogP contribution in [0.5, 0.6) is 5.75 Å². The minimum Gasteiger partial charge on any atom is -0.495 e. The number of rotatable bonds is 7. The van der Waals surface area contributed by atoms with Crippen LogP contribution in [0.2, 0.25) is 0 Å². The van der Waals surface area contributed by atoms with Crippen LogP contribution in [0.3, 0.4) is 0 Å². The average molecular weight is 465 g/mol. The maximum Gasteiger partial charge on any atom is 0.255 e. The molecule has 2 N–H and O–H groups in total. The Bertz CT molecular complexity index is 1200. The van der Waals surface area contributed by atoms with Crippen molar-refractivity contribution in [3.05, 3.63) is 59.0 Å². The molecule has 0 radical (unpaired) electrons. The molecule has 1 fully saturated rings. The zero-order chi connectivity index (χ0) is 24.1. The van der Waals surface area contributed by atoms with Gasteiger partial charge in [-0.25, -0.2) is 4.39 Å². The lowest BCUT2D eigenvalue weighted by atomic mass is 9.94. The van der Waals surface area contributed by atoms with E-state index in [2.05, 4.69) is 15.5 Å². The van der Waals surface area contributed by atoms with E-state index in [1.807, 2.05) is 7.05 Å². The number of aromatic nitrogens is 2. The fourth-order valence-electron chi connectivity index (χ4n) is 4.41. The SMILES string of the molecule is COc1c(C(=O)NCC(=O)N(C)C2CCCCC2)ccc2[nH]nc(/C=C/c3ccc(F)cc3)c12. The van der Waals surface area contributed by atoms with Crippen molar-refractivity contribution in [3.63, 3.8) is 0 Å². The third-order valence-electron chi connectivity index (χ3n) is 6.38. The summed E-state index contributed by atoms with van der Waals surface area (Å²) >= 11 is 0. The fourth-order valence-corrected chi connectivity index (χ4v) is 4.41. The lowest BCUT2D eigenvalue weighted by molar-refractivity contribution is -0.131. The molecule has 3 aromatic rings. The van der Waals surface area contributed by atoms with E-state index < -0.39 is 0 Å². The maximum atomic E-state index is 13.2.